The van der Waals surface area contributed by atoms with E-state index in [0.717, 1.165) is 12.1 Å². The number of aliphatic hydroxyl groups excluding tert-OH is 1. The molecule has 1 unspecified atom stereocenters. The van der Waals surface area contributed by atoms with Crippen molar-refractivity contribution in [3.8, 4) is 0 Å². The molecule has 0 saturated carbocycles. The summed E-state index contributed by atoms with van der Waals surface area (Å²) >= 11 is 0. The number of hydrogen-bond donors (Lipinski definition) is 2. The van der Waals surface area contributed by atoms with E-state index in [1.54, 1.807) is 4.68 Å². The van der Waals surface area contributed by atoms with Crippen LogP contribution in [0, 0.1) is 5.41 Å². The highest BCUT2D eigenvalue weighted by atomic mass is 16.3. The molecule has 114 valence electrons. The Morgan fingerprint density at radius 1 is 1.45 bits per heavy atom. The standard InChI is InChI=1S/C15H27N3O2/c1-6-11-8-13(18(7-2)17-11)14(20)16-10-12(19)9-15(3,4)5/h8,12,19H,6-7,9-10H2,1-5H3,(H,16,20). The summed E-state index contributed by atoms with van der Waals surface area (Å²) in [7, 11) is 0. The Morgan fingerprint density at radius 3 is 2.60 bits per heavy atom. The second-order valence-electron chi connectivity index (χ2n) is 6.32. The van der Waals surface area contributed by atoms with E-state index in [2.05, 4.69) is 31.2 Å². The average molecular weight is 281 g/mol. The molecular formula is C15H27N3O2. The first-order valence-electron chi connectivity index (χ1n) is 7.29. The first kappa shape index (κ1) is 16.7. The molecule has 5 heteroatoms. The lowest BCUT2D eigenvalue weighted by atomic mass is 9.89. The maximum absolute atomic E-state index is 12.1. The molecule has 5 nitrogen and oxygen atoms in total. The van der Waals surface area contributed by atoms with E-state index >= 15 is 0 Å². The maximum atomic E-state index is 12.1. The van der Waals surface area contributed by atoms with E-state index in [4.69, 9.17) is 0 Å². The molecule has 0 aromatic carbocycles. The van der Waals surface area contributed by atoms with Gasteiger partial charge in [-0.2, -0.15) is 5.10 Å². The molecular weight excluding hydrogens is 254 g/mol. The van der Waals surface area contributed by atoms with Gasteiger partial charge in [0.15, 0.2) is 0 Å². The highest BCUT2D eigenvalue weighted by Crippen LogP contribution is 2.20. The van der Waals surface area contributed by atoms with Gasteiger partial charge in [0.1, 0.15) is 5.69 Å². The van der Waals surface area contributed by atoms with Crippen LogP contribution in [0.3, 0.4) is 0 Å². The molecule has 0 spiro atoms. The summed E-state index contributed by atoms with van der Waals surface area (Å²) in [6, 6.07) is 1.81. The van der Waals surface area contributed by atoms with E-state index in [1.165, 1.54) is 0 Å². The number of nitrogens with one attached hydrogen (secondary N) is 1. The molecule has 0 saturated heterocycles. The molecule has 0 bridgehead atoms. The number of aromatic nitrogens is 2. The lowest BCUT2D eigenvalue weighted by molar-refractivity contribution is 0.0859. The third-order valence-corrected chi connectivity index (χ3v) is 3.07. The SMILES string of the molecule is CCc1cc(C(=O)NCC(O)CC(C)(C)C)n(CC)n1. The maximum Gasteiger partial charge on any atom is 0.269 e. The lowest BCUT2D eigenvalue weighted by Crippen LogP contribution is -2.35. The Labute approximate surface area is 121 Å². The smallest absolute Gasteiger partial charge is 0.269 e. The number of aliphatic hydroxyl groups is 1. The fourth-order valence-electron chi connectivity index (χ4n) is 2.15. The van der Waals surface area contributed by atoms with Crippen molar-refractivity contribution in [2.45, 2.75) is 60.1 Å². The van der Waals surface area contributed by atoms with Crippen LogP contribution in [-0.4, -0.2) is 33.4 Å². The molecule has 0 aliphatic heterocycles. The second kappa shape index (κ2) is 6.88. The molecule has 1 heterocycles. The number of hydrogen-bond acceptors (Lipinski definition) is 3. The minimum absolute atomic E-state index is 0.0463. The van der Waals surface area contributed by atoms with Crippen LogP contribution in [0.5, 0.6) is 0 Å². The first-order chi connectivity index (χ1) is 9.26. The molecule has 1 aromatic heterocycles. The summed E-state index contributed by atoms with van der Waals surface area (Å²) in [6.45, 7) is 11.1. The molecule has 1 rings (SSSR count). The fraction of sp³-hybridized carbons (Fsp3) is 0.733. The van der Waals surface area contributed by atoms with Gasteiger partial charge in [0.25, 0.3) is 5.91 Å². The summed E-state index contributed by atoms with van der Waals surface area (Å²) in [5, 5.41) is 17.1. The number of amides is 1. The molecule has 0 aliphatic carbocycles. The molecule has 1 amide bonds. The molecule has 0 radical (unpaired) electrons. The lowest BCUT2D eigenvalue weighted by Gasteiger charge is -2.22. The van der Waals surface area contributed by atoms with Gasteiger partial charge in [-0.05, 0) is 31.2 Å². The van der Waals surface area contributed by atoms with Crippen molar-refractivity contribution >= 4 is 5.91 Å². The molecule has 1 aromatic rings. The normalized spacial score (nSPS) is 13.3. The largest absolute Gasteiger partial charge is 0.391 e. The number of rotatable bonds is 6. The second-order valence-corrected chi connectivity index (χ2v) is 6.32. The number of carbonyl (C=O) groups excluding carboxylic acids is 1. The van der Waals surface area contributed by atoms with Gasteiger partial charge in [0.05, 0.1) is 11.8 Å². The molecule has 20 heavy (non-hydrogen) atoms. The van der Waals surface area contributed by atoms with Crippen LogP contribution in [0.4, 0.5) is 0 Å². The third-order valence-electron chi connectivity index (χ3n) is 3.07. The topological polar surface area (TPSA) is 67.2 Å². The van der Waals surface area contributed by atoms with Crippen molar-refractivity contribution in [3.63, 3.8) is 0 Å². The van der Waals surface area contributed by atoms with E-state index in [1.807, 2.05) is 19.9 Å². The van der Waals surface area contributed by atoms with Crippen LogP contribution in [0.1, 0.15) is 57.2 Å². The summed E-state index contributed by atoms with van der Waals surface area (Å²) in [5.74, 6) is -0.174. The van der Waals surface area contributed by atoms with Gasteiger partial charge in [-0.1, -0.05) is 27.7 Å². The van der Waals surface area contributed by atoms with Crippen molar-refractivity contribution in [3.05, 3.63) is 17.5 Å². The monoisotopic (exact) mass is 281 g/mol. The minimum Gasteiger partial charge on any atom is -0.391 e. The van der Waals surface area contributed by atoms with Gasteiger partial charge >= 0.3 is 0 Å². The number of nitrogens with zero attached hydrogens (tertiary/aromatic N) is 2. The summed E-state index contributed by atoms with van der Waals surface area (Å²) in [4.78, 5) is 12.1. The van der Waals surface area contributed by atoms with Crippen molar-refractivity contribution in [1.29, 1.82) is 0 Å². The van der Waals surface area contributed by atoms with Crippen LogP contribution >= 0.6 is 0 Å². The van der Waals surface area contributed by atoms with Gasteiger partial charge in [-0.25, -0.2) is 0 Å². The molecule has 0 aliphatic rings. The molecule has 2 N–H and O–H groups in total. The van der Waals surface area contributed by atoms with Gasteiger partial charge in [0.2, 0.25) is 0 Å². The van der Waals surface area contributed by atoms with Gasteiger partial charge in [-0.15, -0.1) is 0 Å². The summed E-state index contributed by atoms with van der Waals surface area (Å²) in [6.07, 6.45) is 0.933. The van der Waals surface area contributed by atoms with Crippen LogP contribution < -0.4 is 5.32 Å². The molecule has 0 fully saturated rings. The van der Waals surface area contributed by atoms with Crippen molar-refractivity contribution in [2.75, 3.05) is 6.54 Å². The van der Waals surface area contributed by atoms with Gasteiger partial charge in [0, 0.05) is 13.1 Å². The van der Waals surface area contributed by atoms with Crippen molar-refractivity contribution < 1.29 is 9.90 Å². The van der Waals surface area contributed by atoms with Crippen molar-refractivity contribution in [2.24, 2.45) is 5.41 Å². The highest BCUT2D eigenvalue weighted by Gasteiger charge is 2.19. The van der Waals surface area contributed by atoms with Crippen LogP contribution in [0.25, 0.3) is 0 Å². The predicted molar refractivity (Wildman–Crippen MR) is 79.7 cm³/mol. The zero-order chi connectivity index (χ0) is 15.3. The minimum atomic E-state index is -0.525. The van der Waals surface area contributed by atoms with E-state index in [9.17, 15) is 9.90 Å². The average Bonchev–Trinajstić information content (AvgIpc) is 2.77. The Bertz CT molecular complexity index is 446. The Kier molecular flexibility index (Phi) is 5.74. The number of carbonyl (C=O) groups is 1. The van der Waals surface area contributed by atoms with E-state index in [0.29, 0.717) is 18.7 Å². The molecule has 1 atom stereocenters. The zero-order valence-corrected chi connectivity index (χ0v) is 13.2. The van der Waals surface area contributed by atoms with Crippen molar-refractivity contribution in [1.82, 2.24) is 15.1 Å². The summed E-state index contributed by atoms with van der Waals surface area (Å²) < 4.78 is 1.70. The third kappa shape index (κ3) is 4.96. The van der Waals surface area contributed by atoms with E-state index in [-0.39, 0.29) is 17.9 Å². The fourth-order valence-corrected chi connectivity index (χ4v) is 2.15. The highest BCUT2D eigenvalue weighted by molar-refractivity contribution is 5.92. The quantitative estimate of drug-likeness (QED) is 0.838. The van der Waals surface area contributed by atoms with Crippen LogP contribution in [0.15, 0.2) is 6.07 Å². The Balaban J connectivity index is 2.61. The number of aryl methyl sites for hydroxylation is 2. The van der Waals surface area contributed by atoms with Gasteiger partial charge in [-0.3, -0.25) is 9.48 Å². The van der Waals surface area contributed by atoms with Crippen LogP contribution in [-0.2, 0) is 13.0 Å². The summed E-state index contributed by atoms with van der Waals surface area (Å²) in [5.41, 5.74) is 1.52. The zero-order valence-electron chi connectivity index (χ0n) is 13.2. The first-order valence-corrected chi connectivity index (χ1v) is 7.29. The van der Waals surface area contributed by atoms with Gasteiger partial charge < -0.3 is 10.4 Å². The Hall–Kier alpha value is -1.36. The predicted octanol–water partition coefficient (Wildman–Crippen LogP) is 1.99. The Morgan fingerprint density at radius 2 is 2.10 bits per heavy atom. The van der Waals surface area contributed by atoms with Crippen LogP contribution in [0.2, 0.25) is 0 Å². The van der Waals surface area contributed by atoms with E-state index < -0.39 is 6.10 Å².